The zero-order valence-electron chi connectivity index (χ0n) is 6.09. The summed E-state index contributed by atoms with van der Waals surface area (Å²) in [6.45, 7) is 8.18. The Hall–Kier alpha value is 0.609. The van der Waals surface area contributed by atoms with E-state index in [0.29, 0.717) is 15.0 Å². The Balaban J connectivity index is 2.82. The third-order valence-corrected chi connectivity index (χ3v) is 3.88. The summed E-state index contributed by atoms with van der Waals surface area (Å²) < 4.78 is 0. The second-order valence-electron chi connectivity index (χ2n) is 1.96. The van der Waals surface area contributed by atoms with Gasteiger partial charge >= 0.3 is 68.4 Å². The van der Waals surface area contributed by atoms with Crippen LogP contribution < -0.4 is 0 Å². The van der Waals surface area contributed by atoms with Crippen LogP contribution in [0.25, 0.3) is 0 Å². The van der Waals surface area contributed by atoms with Crippen molar-refractivity contribution in [2.45, 2.75) is 24.4 Å². The zero-order valence-corrected chi connectivity index (χ0v) is 8.62. The fourth-order valence-electron chi connectivity index (χ4n) is 0.415. The van der Waals surface area contributed by atoms with Crippen molar-refractivity contribution in [3.05, 3.63) is 11.6 Å². The van der Waals surface area contributed by atoms with Crippen molar-refractivity contribution in [1.82, 2.24) is 0 Å². The number of hydrogen-bond acceptors (Lipinski definition) is 1. The van der Waals surface area contributed by atoms with Gasteiger partial charge in [-0.05, 0) is 0 Å². The van der Waals surface area contributed by atoms with Crippen LogP contribution >= 0.6 is 11.8 Å². The Morgan fingerprint density at radius 2 is 2.33 bits per heavy atom. The third kappa shape index (κ3) is 8.61. The molecule has 0 aliphatic heterocycles. The van der Waals surface area contributed by atoms with Crippen molar-refractivity contribution < 1.29 is 0 Å². The molecule has 0 saturated carbocycles. The van der Waals surface area contributed by atoms with Gasteiger partial charge < -0.3 is 0 Å². The molecule has 54 valence electrons. The quantitative estimate of drug-likeness (QED) is 0.495. The van der Waals surface area contributed by atoms with E-state index in [9.17, 15) is 0 Å². The minimum atomic E-state index is 0.696. The van der Waals surface area contributed by atoms with E-state index in [0.717, 1.165) is 5.25 Å². The first-order chi connectivity index (χ1) is 4.27. The van der Waals surface area contributed by atoms with Gasteiger partial charge in [-0.1, -0.05) is 0 Å². The van der Waals surface area contributed by atoms with Crippen LogP contribution in [0, 0.1) is 0 Å². The maximum absolute atomic E-state index is 3.70. The first-order valence-electron chi connectivity index (χ1n) is 3.11. The van der Waals surface area contributed by atoms with Crippen LogP contribution in [-0.2, 0) is 0 Å². The molecule has 0 rings (SSSR count). The van der Waals surface area contributed by atoms with Crippen LogP contribution in [0.4, 0.5) is 0 Å². The number of hydrogen-bond donors (Lipinski definition) is 0. The van der Waals surface area contributed by atoms with Crippen molar-refractivity contribution in [2.75, 3.05) is 5.75 Å². The molecule has 0 nitrogen and oxygen atoms in total. The van der Waals surface area contributed by atoms with E-state index in [1.54, 1.807) is 0 Å². The SMILES string of the molecule is C=C[Se]CCSC(C)C. The molecular weight excluding hydrogens is 195 g/mol. The maximum atomic E-state index is 3.70. The second-order valence-corrected chi connectivity index (χ2v) is 5.90. The molecule has 0 saturated heterocycles. The third-order valence-electron chi connectivity index (χ3n) is 0.770. The summed E-state index contributed by atoms with van der Waals surface area (Å²) in [6.07, 6.45) is 0. The van der Waals surface area contributed by atoms with Crippen LogP contribution in [0.2, 0.25) is 5.32 Å². The normalized spacial score (nSPS) is 10.1. The molecule has 9 heavy (non-hydrogen) atoms. The van der Waals surface area contributed by atoms with Crippen molar-refractivity contribution in [1.29, 1.82) is 0 Å². The summed E-state index contributed by atoms with van der Waals surface area (Å²) in [7, 11) is 0. The molecule has 0 bridgehead atoms. The minimum absolute atomic E-state index is 0.696. The summed E-state index contributed by atoms with van der Waals surface area (Å²) in [5.74, 6) is 1.31. The molecule has 0 radical (unpaired) electrons. The molecule has 2 heteroatoms. The fraction of sp³-hybridized carbons (Fsp3) is 0.714. The van der Waals surface area contributed by atoms with Gasteiger partial charge in [0.2, 0.25) is 0 Å². The Kier molecular flexibility index (Phi) is 7.18. The van der Waals surface area contributed by atoms with Gasteiger partial charge in [0.15, 0.2) is 0 Å². The van der Waals surface area contributed by atoms with Crippen LogP contribution in [0.15, 0.2) is 11.6 Å². The molecule has 0 N–H and O–H groups in total. The summed E-state index contributed by atoms with van der Waals surface area (Å²) >= 11 is 2.74. The van der Waals surface area contributed by atoms with Crippen LogP contribution in [0.1, 0.15) is 13.8 Å². The van der Waals surface area contributed by atoms with Gasteiger partial charge in [0, 0.05) is 0 Å². The standard InChI is InChI=1S/C7H14SSe/c1-4-9-6-5-8-7(2)3/h4,7H,1,5-6H2,2-3H3. The summed E-state index contributed by atoms with van der Waals surface area (Å²) in [5.41, 5.74) is 0. The first kappa shape index (κ1) is 9.61. The molecule has 0 heterocycles. The van der Waals surface area contributed by atoms with Crippen molar-refractivity contribution in [2.24, 2.45) is 0 Å². The van der Waals surface area contributed by atoms with E-state index in [4.69, 9.17) is 0 Å². The predicted octanol–water partition coefficient (Wildman–Crippen LogP) is 2.39. The molecular formula is C7H14SSe. The molecule has 0 fully saturated rings. The predicted molar refractivity (Wildman–Crippen MR) is 48.4 cm³/mol. The van der Waals surface area contributed by atoms with E-state index in [1.807, 2.05) is 16.7 Å². The van der Waals surface area contributed by atoms with E-state index in [-0.39, 0.29) is 0 Å². The molecule has 0 aliphatic rings. The number of rotatable bonds is 5. The second kappa shape index (κ2) is 6.73. The monoisotopic (exact) mass is 210 g/mol. The van der Waals surface area contributed by atoms with Crippen LogP contribution in [0.5, 0.6) is 0 Å². The van der Waals surface area contributed by atoms with Gasteiger partial charge in [-0.15, -0.1) is 0 Å². The topological polar surface area (TPSA) is 0 Å². The Bertz CT molecular complexity index is 71.3. The summed E-state index contributed by atoms with van der Waals surface area (Å²) in [5, 5.41) is 2.14. The van der Waals surface area contributed by atoms with Gasteiger partial charge in [-0.25, -0.2) is 0 Å². The molecule has 0 aliphatic carbocycles. The van der Waals surface area contributed by atoms with Gasteiger partial charge in [-0.3, -0.25) is 0 Å². The van der Waals surface area contributed by atoms with Crippen LogP contribution in [-0.4, -0.2) is 26.0 Å². The Labute approximate surface area is 68.6 Å². The molecule has 0 aromatic heterocycles. The van der Waals surface area contributed by atoms with Gasteiger partial charge in [0.25, 0.3) is 0 Å². The average molecular weight is 209 g/mol. The van der Waals surface area contributed by atoms with Gasteiger partial charge in [-0.2, -0.15) is 0 Å². The van der Waals surface area contributed by atoms with E-state index in [2.05, 4.69) is 20.4 Å². The fourth-order valence-corrected chi connectivity index (χ4v) is 2.64. The summed E-state index contributed by atoms with van der Waals surface area (Å²) in [4.78, 5) is 2.05. The average Bonchev–Trinajstić information content (AvgIpc) is 1.80. The molecule has 0 aromatic rings. The van der Waals surface area contributed by atoms with Crippen molar-refractivity contribution in [3.8, 4) is 0 Å². The Morgan fingerprint density at radius 3 is 2.78 bits per heavy atom. The van der Waals surface area contributed by atoms with E-state index < -0.39 is 0 Å². The Morgan fingerprint density at radius 1 is 1.67 bits per heavy atom. The van der Waals surface area contributed by atoms with Gasteiger partial charge in [0.1, 0.15) is 0 Å². The zero-order chi connectivity index (χ0) is 7.11. The van der Waals surface area contributed by atoms with E-state index >= 15 is 0 Å². The molecule has 0 spiro atoms. The van der Waals surface area contributed by atoms with Crippen LogP contribution in [0.3, 0.4) is 0 Å². The van der Waals surface area contributed by atoms with Crippen molar-refractivity contribution in [3.63, 3.8) is 0 Å². The van der Waals surface area contributed by atoms with E-state index in [1.165, 1.54) is 11.1 Å². The number of thioether (sulfide) groups is 1. The first-order valence-corrected chi connectivity index (χ1v) is 6.36. The van der Waals surface area contributed by atoms with Crippen molar-refractivity contribution >= 4 is 26.7 Å². The molecule has 0 unspecified atom stereocenters. The molecule has 0 amide bonds. The summed E-state index contributed by atoms with van der Waals surface area (Å²) in [6, 6.07) is 0. The van der Waals surface area contributed by atoms with Gasteiger partial charge in [0.05, 0.1) is 0 Å². The molecule has 0 atom stereocenters. The molecule has 0 aromatic carbocycles.